The molecule has 0 aromatic rings. The summed E-state index contributed by atoms with van der Waals surface area (Å²) in [5.41, 5.74) is 0. The van der Waals surface area contributed by atoms with Gasteiger partial charge in [0.15, 0.2) is 6.04 Å². The van der Waals surface area contributed by atoms with Crippen molar-refractivity contribution in [1.82, 2.24) is 5.32 Å². The van der Waals surface area contributed by atoms with E-state index < -0.39 is 30.2 Å². The third-order valence-corrected chi connectivity index (χ3v) is 4.94. The summed E-state index contributed by atoms with van der Waals surface area (Å²) in [4.78, 5) is 23.0. The lowest BCUT2D eigenvalue weighted by molar-refractivity contribution is -0.152. The Kier molecular flexibility index (Phi) is 17.1. The molecule has 0 heterocycles. The minimum atomic E-state index is -1.59. The zero-order valence-corrected chi connectivity index (χ0v) is 18.2. The number of alkyl halides is 1. The maximum atomic E-state index is 14.3. The first-order chi connectivity index (χ1) is 13.4. The molecule has 0 radical (unpaired) electrons. The second-order valence-electron chi connectivity index (χ2n) is 7.61. The van der Waals surface area contributed by atoms with Crippen LogP contribution in [-0.4, -0.2) is 41.9 Å². The van der Waals surface area contributed by atoms with Crippen molar-refractivity contribution in [2.24, 2.45) is 0 Å². The van der Waals surface area contributed by atoms with Crippen molar-refractivity contribution in [3.63, 3.8) is 0 Å². The van der Waals surface area contributed by atoms with Crippen molar-refractivity contribution in [3.8, 4) is 0 Å². The van der Waals surface area contributed by atoms with Crippen LogP contribution >= 0.6 is 0 Å². The van der Waals surface area contributed by atoms with E-state index in [-0.39, 0.29) is 13.0 Å². The van der Waals surface area contributed by atoms with Gasteiger partial charge in [-0.15, -0.1) is 0 Å². The van der Waals surface area contributed by atoms with E-state index in [1.165, 1.54) is 58.3 Å². The second-order valence-corrected chi connectivity index (χ2v) is 7.61. The Morgan fingerprint density at radius 1 is 0.893 bits per heavy atom. The average Bonchev–Trinajstić information content (AvgIpc) is 2.66. The van der Waals surface area contributed by atoms with Gasteiger partial charge in [-0.3, -0.25) is 4.79 Å². The summed E-state index contributed by atoms with van der Waals surface area (Å²) < 4.78 is 19.1. The smallest absolute Gasteiger partial charge is 0.331 e. The van der Waals surface area contributed by atoms with Gasteiger partial charge in [0, 0.05) is 6.92 Å². The van der Waals surface area contributed by atoms with Gasteiger partial charge in [-0.2, -0.15) is 0 Å². The van der Waals surface area contributed by atoms with E-state index >= 15 is 0 Å². The first kappa shape index (κ1) is 26.8. The molecular formula is C22H42FNO4. The Balaban J connectivity index is 3.86. The summed E-state index contributed by atoms with van der Waals surface area (Å²) in [5, 5.41) is 12.4. The first-order valence-corrected chi connectivity index (χ1v) is 11.2. The molecule has 2 N–H and O–H groups in total. The monoisotopic (exact) mass is 403 g/mol. The molecule has 0 aliphatic heterocycles. The lowest BCUT2D eigenvalue weighted by atomic mass is 10.00. The van der Waals surface area contributed by atoms with Gasteiger partial charge in [-0.1, -0.05) is 84.0 Å². The van der Waals surface area contributed by atoms with Crippen molar-refractivity contribution in [2.45, 2.75) is 123 Å². The Morgan fingerprint density at radius 2 is 1.36 bits per heavy atom. The standard InChI is InChI=1S/C22H42FNO4/c1-4-6-7-8-9-10-11-12-13-14-15-16-17-19(23)21(26)20(24-18(3)25)22(27)28-5-2/h19-21,26H,4-17H2,1-3H3,(H,24,25)/t19-,20-,21-/m1/s1. The molecule has 28 heavy (non-hydrogen) atoms. The van der Waals surface area contributed by atoms with Crippen molar-refractivity contribution >= 4 is 11.9 Å². The zero-order valence-electron chi connectivity index (χ0n) is 18.2. The number of carbonyl (C=O) groups excluding carboxylic acids is 2. The summed E-state index contributed by atoms with van der Waals surface area (Å²) in [6.07, 6.45) is 11.3. The van der Waals surface area contributed by atoms with Crippen LogP contribution in [0.1, 0.15) is 104 Å². The number of aliphatic hydroxyl groups excluding tert-OH is 1. The predicted molar refractivity (Wildman–Crippen MR) is 111 cm³/mol. The highest BCUT2D eigenvalue weighted by molar-refractivity contribution is 5.83. The topological polar surface area (TPSA) is 75.6 Å². The SMILES string of the molecule is CCCCCCCCCCCCCC[C@@H](F)[C@@H](O)[C@@H](NC(C)=O)C(=O)OCC. The van der Waals surface area contributed by atoms with Gasteiger partial charge in [-0.05, 0) is 13.3 Å². The lowest BCUT2D eigenvalue weighted by Crippen LogP contribution is -2.52. The third-order valence-electron chi connectivity index (χ3n) is 4.94. The summed E-state index contributed by atoms with van der Waals surface area (Å²) >= 11 is 0. The molecule has 5 nitrogen and oxygen atoms in total. The molecule has 6 heteroatoms. The number of unbranched alkanes of at least 4 members (excludes halogenated alkanes) is 11. The van der Waals surface area contributed by atoms with E-state index in [9.17, 15) is 19.1 Å². The van der Waals surface area contributed by atoms with E-state index in [1.54, 1.807) is 6.92 Å². The summed E-state index contributed by atoms with van der Waals surface area (Å²) in [6, 6.07) is -1.36. The summed E-state index contributed by atoms with van der Waals surface area (Å²) in [6.45, 7) is 5.18. The molecule has 0 aliphatic carbocycles. The highest BCUT2D eigenvalue weighted by Crippen LogP contribution is 2.16. The minimum absolute atomic E-state index is 0.108. The number of ether oxygens (including phenoxy) is 1. The quantitative estimate of drug-likeness (QED) is 0.253. The van der Waals surface area contributed by atoms with Gasteiger partial charge in [0.1, 0.15) is 12.3 Å². The van der Waals surface area contributed by atoms with Crippen LogP contribution in [0.5, 0.6) is 0 Å². The van der Waals surface area contributed by atoms with E-state index in [0.717, 1.165) is 19.3 Å². The molecule has 0 aliphatic rings. The van der Waals surface area contributed by atoms with Gasteiger partial charge in [0.05, 0.1) is 6.61 Å². The highest BCUT2D eigenvalue weighted by Gasteiger charge is 2.34. The molecular weight excluding hydrogens is 361 g/mol. The van der Waals surface area contributed by atoms with Gasteiger partial charge in [0.2, 0.25) is 5.91 Å². The van der Waals surface area contributed by atoms with Crippen LogP contribution in [0.4, 0.5) is 4.39 Å². The number of aliphatic hydroxyl groups is 1. The Hall–Kier alpha value is -1.17. The molecule has 166 valence electrons. The number of nitrogens with one attached hydrogen (secondary N) is 1. The van der Waals surface area contributed by atoms with E-state index in [0.29, 0.717) is 6.42 Å². The van der Waals surface area contributed by atoms with E-state index in [4.69, 9.17) is 4.74 Å². The maximum Gasteiger partial charge on any atom is 0.331 e. The number of esters is 1. The molecule has 0 bridgehead atoms. The van der Waals surface area contributed by atoms with Crippen molar-refractivity contribution in [3.05, 3.63) is 0 Å². The molecule has 0 spiro atoms. The first-order valence-electron chi connectivity index (χ1n) is 11.2. The molecule has 0 unspecified atom stereocenters. The van der Waals surface area contributed by atoms with Crippen LogP contribution in [-0.2, 0) is 14.3 Å². The molecule has 3 atom stereocenters. The molecule has 0 saturated carbocycles. The van der Waals surface area contributed by atoms with Gasteiger partial charge in [0.25, 0.3) is 0 Å². The van der Waals surface area contributed by atoms with Gasteiger partial charge in [-0.25, -0.2) is 9.18 Å². The van der Waals surface area contributed by atoms with Crippen LogP contribution in [0, 0.1) is 0 Å². The Labute approximate surface area is 170 Å². The van der Waals surface area contributed by atoms with Crippen LogP contribution in [0.25, 0.3) is 0 Å². The highest BCUT2D eigenvalue weighted by atomic mass is 19.1. The fraction of sp³-hybridized carbons (Fsp3) is 0.909. The normalized spacial score (nSPS) is 14.3. The summed E-state index contributed by atoms with van der Waals surface area (Å²) in [7, 11) is 0. The van der Waals surface area contributed by atoms with Gasteiger partial charge < -0.3 is 15.2 Å². The zero-order chi connectivity index (χ0) is 21.2. The van der Waals surface area contributed by atoms with Crippen molar-refractivity contribution in [2.75, 3.05) is 6.61 Å². The summed E-state index contributed by atoms with van der Waals surface area (Å²) in [5.74, 6) is -1.31. The number of carbonyl (C=O) groups is 2. The van der Waals surface area contributed by atoms with Gasteiger partial charge >= 0.3 is 5.97 Å². The minimum Gasteiger partial charge on any atom is -0.464 e. The second kappa shape index (κ2) is 17.9. The van der Waals surface area contributed by atoms with E-state index in [1.807, 2.05) is 0 Å². The molecule has 0 saturated heterocycles. The number of hydrogen-bond donors (Lipinski definition) is 2. The molecule has 1 amide bonds. The fourth-order valence-corrected chi connectivity index (χ4v) is 3.29. The molecule has 0 rings (SSSR count). The van der Waals surface area contributed by atoms with Crippen LogP contribution in [0.2, 0.25) is 0 Å². The average molecular weight is 404 g/mol. The molecule has 0 aromatic carbocycles. The number of hydrogen-bond acceptors (Lipinski definition) is 4. The van der Waals surface area contributed by atoms with Crippen LogP contribution in [0.3, 0.4) is 0 Å². The largest absolute Gasteiger partial charge is 0.464 e. The Bertz CT molecular complexity index is 406. The fourth-order valence-electron chi connectivity index (χ4n) is 3.29. The van der Waals surface area contributed by atoms with Crippen LogP contribution < -0.4 is 5.32 Å². The lowest BCUT2D eigenvalue weighted by Gasteiger charge is -2.24. The molecule has 0 aromatic heterocycles. The number of rotatable bonds is 18. The number of amides is 1. The maximum absolute atomic E-state index is 14.3. The third kappa shape index (κ3) is 13.9. The number of halogens is 1. The predicted octanol–water partition coefficient (Wildman–Crippen LogP) is 4.84. The van der Waals surface area contributed by atoms with Crippen molar-refractivity contribution in [1.29, 1.82) is 0 Å². The van der Waals surface area contributed by atoms with Crippen LogP contribution in [0.15, 0.2) is 0 Å². The Morgan fingerprint density at radius 3 is 1.79 bits per heavy atom. The van der Waals surface area contributed by atoms with Crippen molar-refractivity contribution < 1.29 is 23.8 Å². The van der Waals surface area contributed by atoms with E-state index in [2.05, 4.69) is 12.2 Å². The molecule has 0 fully saturated rings.